The molecule has 1 aliphatic heterocycles. The van der Waals surface area contributed by atoms with Crippen LogP contribution in [0.4, 0.5) is 0 Å². The smallest absolute Gasteiger partial charge is 0.161 e. The zero-order chi connectivity index (χ0) is 13.2. The quantitative estimate of drug-likeness (QED) is 0.806. The Balaban J connectivity index is 2.06. The van der Waals surface area contributed by atoms with E-state index in [9.17, 15) is 0 Å². The first-order valence-corrected chi connectivity index (χ1v) is 6.47. The van der Waals surface area contributed by atoms with Crippen LogP contribution in [0, 0.1) is 0 Å². The summed E-state index contributed by atoms with van der Waals surface area (Å²) in [5, 5.41) is 0.697. The Kier molecular flexibility index (Phi) is 3.18. The molecule has 0 saturated heterocycles. The highest BCUT2D eigenvalue weighted by molar-refractivity contribution is 6.31. The first kappa shape index (κ1) is 12.1. The number of halogens is 1. The number of fused-ring (bicyclic) bond motifs is 1. The zero-order valence-electron chi connectivity index (χ0n) is 10.4. The van der Waals surface area contributed by atoms with Gasteiger partial charge in [-0.15, -0.1) is 0 Å². The van der Waals surface area contributed by atoms with Crippen LogP contribution < -0.4 is 9.47 Å². The van der Waals surface area contributed by atoms with Gasteiger partial charge in [-0.25, -0.2) is 0 Å². The first-order chi connectivity index (χ1) is 9.26. The Hall–Kier alpha value is -1.93. The highest BCUT2D eigenvalue weighted by Gasteiger charge is 2.12. The fourth-order valence-corrected chi connectivity index (χ4v) is 2.36. The van der Waals surface area contributed by atoms with Gasteiger partial charge in [0.1, 0.15) is 13.2 Å². The van der Waals surface area contributed by atoms with Crippen LogP contribution in [-0.2, 0) is 0 Å². The molecule has 0 saturated carbocycles. The maximum atomic E-state index is 6.12. The molecule has 96 valence electrons. The van der Waals surface area contributed by atoms with Gasteiger partial charge in [-0.05, 0) is 47.0 Å². The van der Waals surface area contributed by atoms with Crippen LogP contribution in [0.3, 0.4) is 0 Å². The van der Waals surface area contributed by atoms with Crippen molar-refractivity contribution in [3.63, 3.8) is 0 Å². The highest BCUT2D eigenvalue weighted by Crippen LogP contribution is 2.35. The Morgan fingerprint density at radius 2 is 1.74 bits per heavy atom. The topological polar surface area (TPSA) is 18.5 Å². The molecule has 0 aromatic heterocycles. The SMILES string of the molecule is C=Cc1cc(Cl)cc(-c2ccc3c(c2)OCCO3)c1. The Labute approximate surface area is 117 Å². The Morgan fingerprint density at radius 3 is 2.53 bits per heavy atom. The second-order valence-corrected chi connectivity index (χ2v) is 4.77. The molecule has 0 aliphatic carbocycles. The molecular weight excluding hydrogens is 260 g/mol. The molecular formula is C16H13ClO2. The van der Waals surface area contributed by atoms with E-state index in [0.29, 0.717) is 18.2 Å². The zero-order valence-corrected chi connectivity index (χ0v) is 11.1. The molecule has 0 unspecified atom stereocenters. The highest BCUT2D eigenvalue weighted by atomic mass is 35.5. The van der Waals surface area contributed by atoms with Crippen molar-refractivity contribution in [2.24, 2.45) is 0 Å². The van der Waals surface area contributed by atoms with E-state index in [0.717, 1.165) is 28.2 Å². The molecule has 2 aromatic rings. The summed E-state index contributed by atoms with van der Waals surface area (Å²) in [7, 11) is 0. The third-order valence-corrected chi connectivity index (χ3v) is 3.25. The van der Waals surface area contributed by atoms with Crippen LogP contribution in [-0.4, -0.2) is 13.2 Å². The van der Waals surface area contributed by atoms with Crippen molar-refractivity contribution in [1.29, 1.82) is 0 Å². The minimum absolute atomic E-state index is 0.587. The summed E-state index contributed by atoms with van der Waals surface area (Å²) in [5.41, 5.74) is 3.09. The average Bonchev–Trinajstić information content (AvgIpc) is 2.46. The Morgan fingerprint density at radius 1 is 0.947 bits per heavy atom. The van der Waals surface area contributed by atoms with Gasteiger partial charge < -0.3 is 9.47 Å². The van der Waals surface area contributed by atoms with E-state index in [4.69, 9.17) is 21.1 Å². The molecule has 2 aromatic carbocycles. The van der Waals surface area contributed by atoms with Crippen molar-refractivity contribution in [2.45, 2.75) is 0 Å². The predicted molar refractivity (Wildman–Crippen MR) is 78.0 cm³/mol. The van der Waals surface area contributed by atoms with E-state index in [1.165, 1.54) is 0 Å². The van der Waals surface area contributed by atoms with Gasteiger partial charge in [0.05, 0.1) is 0 Å². The molecule has 1 aliphatic rings. The monoisotopic (exact) mass is 272 g/mol. The van der Waals surface area contributed by atoms with E-state index in [-0.39, 0.29) is 0 Å². The van der Waals surface area contributed by atoms with Crippen LogP contribution in [0.5, 0.6) is 11.5 Å². The van der Waals surface area contributed by atoms with Gasteiger partial charge in [-0.1, -0.05) is 30.3 Å². The maximum absolute atomic E-state index is 6.12. The second-order valence-electron chi connectivity index (χ2n) is 4.34. The molecule has 0 spiro atoms. The van der Waals surface area contributed by atoms with E-state index in [1.54, 1.807) is 6.08 Å². The lowest BCUT2D eigenvalue weighted by Gasteiger charge is -2.19. The third-order valence-electron chi connectivity index (χ3n) is 3.03. The van der Waals surface area contributed by atoms with Crippen LogP contribution in [0.25, 0.3) is 17.2 Å². The lowest BCUT2D eigenvalue weighted by Crippen LogP contribution is -2.15. The molecule has 0 fully saturated rings. The number of ether oxygens (including phenoxy) is 2. The van der Waals surface area contributed by atoms with Gasteiger partial charge in [-0.2, -0.15) is 0 Å². The summed E-state index contributed by atoms with van der Waals surface area (Å²) in [6.07, 6.45) is 1.79. The van der Waals surface area contributed by atoms with E-state index in [2.05, 4.69) is 6.58 Å². The van der Waals surface area contributed by atoms with E-state index in [1.807, 2.05) is 36.4 Å². The van der Waals surface area contributed by atoms with E-state index < -0.39 is 0 Å². The fourth-order valence-electron chi connectivity index (χ4n) is 2.12. The van der Waals surface area contributed by atoms with Gasteiger partial charge >= 0.3 is 0 Å². The second kappa shape index (κ2) is 4.98. The van der Waals surface area contributed by atoms with Crippen LogP contribution in [0.2, 0.25) is 5.02 Å². The lowest BCUT2D eigenvalue weighted by atomic mass is 10.0. The molecule has 19 heavy (non-hydrogen) atoms. The summed E-state index contributed by atoms with van der Waals surface area (Å²) in [6, 6.07) is 11.8. The fraction of sp³-hybridized carbons (Fsp3) is 0.125. The molecule has 0 N–H and O–H groups in total. The molecule has 1 heterocycles. The molecule has 3 rings (SSSR count). The van der Waals surface area contributed by atoms with Crippen LogP contribution in [0.1, 0.15) is 5.56 Å². The minimum atomic E-state index is 0.587. The summed E-state index contributed by atoms with van der Waals surface area (Å²) in [4.78, 5) is 0. The number of rotatable bonds is 2. The van der Waals surface area contributed by atoms with Crippen molar-refractivity contribution in [3.05, 3.63) is 53.6 Å². The van der Waals surface area contributed by atoms with Crippen molar-refractivity contribution < 1.29 is 9.47 Å². The van der Waals surface area contributed by atoms with Gasteiger partial charge in [0.15, 0.2) is 11.5 Å². The number of hydrogen-bond donors (Lipinski definition) is 0. The molecule has 3 heteroatoms. The average molecular weight is 273 g/mol. The largest absolute Gasteiger partial charge is 0.486 e. The summed E-state index contributed by atoms with van der Waals surface area (Å²) in [5.74, 6) is 1.57. The molecule has 0 radical (unpaired) electrons. The standard InChI is InChI=1S/C16H13ClO2/c1-2-11-7-13(9-14(17)8-11)12-3-4-15-16(10-12)19-6-5-18-15/h2-4,7-10H,1,5-6H2. The summed E-state index contributed by atoms with van der Waals surface area (Å²) in [6.45, 7) is 4.96. The van der Waals surface area contributed by atoms with Gasteiger partial charge in [0.25, 0.3) is 0 Å². The predicted octanol–water partition coefficient (Wildman–Crippen LogP) is 4.42. The molecule has 0 bridgehead atoms. The van der Waals surface area contributed by atoms with Gasteiger partial charge in [-0.3, -0.25) is 0 Å². The van der Waals surface area contributed by atoms with Crippen LogP contribution >= 0.6 is 11.6 Å². The normalized spacial score (nSPS) is 13.1. The number of hydrogen-bond acceptors (Lipinski definition) is 2. The van der Waals surface area contributed by atoms with E-state index >= 15 is 0 Å². The van der Waals surface area contributed by atoms with Crippen molar-refractivity contribution in [2.75, 3.05) is 13.2 Å². The molecule has 0 amide bonds. The maximum Gasteiger partial charge on any atom is 0.161 e. The lowest BCUT2D eigenvalue weighted by molar-refractivity contribution is 0.171. The molecule has 2 nitrogen and oxygen atoms in total. The van der Waals surface area contributed by atoms with Crippen molar-refractivity contribution >= 4 is 17.7 Å². The number of benzene rings is 2. The van der Waals surface area contributed by atoms with Gasteiger partial charge in [0.2, 0.25) is 0 Å². The molecule has 0 atom stereocenters. The summed E-state index contributed by atoms with van der Waals surface area (Å²) < 4.78 is 11.1. The third kappa shape index (κ3) is 2.45. The first-order valence-electron chi connectivity index (χ1n) is 6.09. The summed E-state index contributed by atoms with van der Waals surface area (Å²) >= 11 is 6.12. The van der Waals surface area contributed by atoms with Crippen LogP contribution in [0.15, 0.2) is 43.0 Å². The van der Waals surface area contributed by atoms with Gasteiger partial charge in [0, 0.05) is 5.02 Å². The van der Waals surface area contributed by atoms with Crippen molar-refractivity contribution in [3.8, 4) is 22.6 Å². The van der Waals surface area contributed by atoms with Crippen molar-refractivity contribution in [1.82, 2.24) is 0 Å². The minimum Gasteiger partial charge on any atom is -0.486 e. The Bertz CT molecular complexity index is 635.